The number of ether oxygens (including phenoxy) is 1. The van der Waals surface area contributed by atoms with Crippen LogP contribution in [-0.4, -0.2) is 18.5 Å². The molecular weight excluding hydrogens is 306 g/mol. The first-order chi connectivity index (χ1) is 11.4. The lowest BCUT2D eigenvalue weighted by molar-refractivity contribution is -0.116. The third-order valence-corrected chi connectivity index (χ3v) is 3.34. The molecule has 24 heavy (non-hydrogen) atoms. The topological polar surface area (TPSA) is 93.4 Å². The van der Waals surface area contributed by atoms with Crippen molar-refractivity contribution in [1.82, 2.24) is 0 Å². The maximum absolute atomic E-state index is 12.0. The fourth-order valence-corrected chi connectivity index (χ4v) is 2.16. The minimum absolute atomic E-state index is 0.170. The summed E-state index contributed by atoms with van der Waals surface area (Å²) in [7, 11) is 0. The van der Waals surface area contributed by atoms with Crippen molar-refractivity contribution in [1.29, 1.82) is 0 Å². The molecule has 126 valence electrons. The standard InChI is InChI=1S/C18H21N3O3/c1-12-6-7-13(2)16(10-12)24-9-8-17(22)20-14-4-3-5-15(11-14)21-18(19)23/h3-7,10-11H,8-9H2,1-2H3,(H,20,22)(H3,19,21,23). The molecule has 2 aromatic carbocycles. The van der Waals surface area contributed by atoms with E-state index in [1.165, 1.54) is 0 Å². The highest BCUT2D eigenvalue weighted by Crippen LogP contribution is 2.19. The number of primary amides is 1. The highest BCUT2D eigenvalue weighted by Gasteiger charge is 2.06. The first-order valence-electron chi connectivity index (χ1n) is 7.60. The van der Waals surface area contributed by atoms with E-state index in [4.69, 9.17) is 10.5 Å². The Bertz CT molecular complexity index is 744. The number of hydrogen-bond donors (Lipinski definition) is 3. The summed E-state index contributed by atoms with van der Waals surface area (Å²) in [5.74, 6) is 0.618. The molecule has 0 aromatic heterocycles. The number of rotatable bonds is 6. The first kappa shape index (κ1) is 17.3. The molecule has 0 saturated heterocycles. The second-order valence-electron chi connectivity index (χ2n) is 5.49. The summed E-state index contributed by atoms with van der Waals surface area (Å²) in [6.45, 7) is 4.24. The zero-order chi connectivity index (χ0) is 17.5. The minimum Gasteiger partial charge on any atom is -0.493 e. The molecule has 0 bridgehead atoms. The molecule has 0 aliphatic rings. The van der Waals surface area contributed by atoms with Crippen molar-refractivity contribution in [3.05, 3.63) is 53.6 Å². The molecule has 4 N–H and O–H groups in total. The largest absolute Gasteiger partial charge is 0.493 e. The summed E-state index contributed by atoms with van der Waals surface area (Å²) >= 11 is 0. The first-order valence-corrected chi connectivity index (χ1v) is 7.60. The average Bonchev–Trinajstić information content (AvgIpc) is 2.50. The van der Waals surface area contributed by atoms with E-state index >= 15 is 0 Å². The van der Waals surface area contributed by atoms with E-state index in [0.717, 1.165) is 16.9 Å². The van der Waals surface area contributed by atoms with Crippen LogP contribution in [0.2, 0.25) is 0 Å². The van der Waals surface area contributed by atoms with Crippen LogP contribution < -0.4 is 21.1 Å². The van der Waals surface area contributed by atoms with Crippen molar-refractivity contribution < 1.29 is 14.3 Å². The zero-order valence-electron chi connectivity index (χ0n) is 13.8. The molecule has 0 aliphatic heterocycles. The third kappa shape index (κ3) is 5.31. The van der Waals surface area contributed by atoms with Crippen molar-refractivity contribution in [3.8, 4) is 5.75 Å². The highest BCUT2D eigenvalue weighted by atomic mass is 16.5. The molecule has 0 heterocycles. The Kier molecular flexibility index (Phi) is 5.78. The van der Waals surface area contributed by atoms with Crippen molar-refractivity contribution in [2.24, 2.45) is 5.73 Å². The van der Waals surface area contributed by atoms with Gasteiger partial charge in [-0.3, -0.25) is 4.79 Å². The number of hydrogen-bond acceptors (Lipinski definition) is 3. The summed E-state index contributed by atoms with van der Waals surface area (Å²) in [5.41, 5.74) is 8.31. The lowest BCUT2D eigenvalue weighted by Crippen LogP contribution is -2.19. The lowest BCUT2D eigenvalue weighted by Gasteiger charge is -2.11. The molecule has 0 fully saturated rings. The quantitative estimate of drug-likeness (QED) is 0.760. The van der Waals surface area contributed by atoms with Gasteiger partial charge in [0.25, 0.3) is 0 Å². The molecule has 3 amide bonds. The van der Waals surface area contributed by atoms with Gasteiger partial charge in [-0.25, -0.2) is 4.79 Å². The summed E-state index contributed by atoms with van der Waals surface area (Å²) in [4.78, 5) is 22.8. The Balaban J connectivity index is 1.85. The molecule has 0 aliphatic carbocycles. The van der Waals surface area contributed by atoms with Crippen molar-refractivity contribution in [3.63, 3.8) is 0 Å². The fourth-order valence-electron chi connectivity index (χ4n) is 2.16. The monoisotopic (exact) mass is 327 g/mol. The summed E-state index contributed by atoms with van der Waals surface area (Å²) in [6, 6.07) is 12.1. The zero-order valence-corrected chi connectivity index (χ0v) is 13.8. The summed E-state index contributed by atoms with van der Waals surface area (Å²) < 4.78 is 5.67. The van der Waals surface area contributed by atoms with Gasteiger partial charge in [0.2, 0.25) is 5.91 Å². The van der Waals surface area contributed by atoms with Crippen LogP contribution in [0, 0.1) is 13.8 Å². The van der Waals surface area contributed by atoms with Crippen LogP contribution in [0.5, 0.6) is 5.75 Å². The lowest BCUT2D eigenvalue weighted by atomic mass is 10.1. The fraction of sp³-hybridized carbons (Fsp3) is 0.222. The Hall–Kier alpha value is -3.02. The van der Waals surface area contributed by atoms with Gasteiger partial charge in [0, 0.05) is 11.4 Å². The maximum Gasteiger partial charge on any atom is 0.316 e. The van der Waals surface area contributed by atoms with Gasteiger partial charge in [0.1, 0.15) is 5.75 Å². The number of nitrogens with one attached hydrogen (secondary N) is 2. The molecular formula is C18H21N3O3. The van der Waals surface area contributed by atoms with Gasteiger partial charge in [0.05, 0.1) is 13.0 Å². The van der Waals surface area contributed by atoms with Crippen LogP contribution in [0.4, 0.5) is 16.2 Å². The second kappa shape index (κ2) is 8.01. The number of carbonyl (C=O) groups is 2. The van der Waals surface area contributed by atoms with Gasteiger partial charge in [-0.2, -0.15) is 0 Å². The van der Waals surface area contributed by atoms with Crippen LogP contribution in [0.3, 0.4) is 0 Å². The third-order valence-electron chi connectivity index (χ3n) is 3.34. The second-order valence-corrected chi connectivity index (χ2v) is 5.49. The highest BCUT2D eigenvalue weighted by molar-refractivity contribution is 5.93. The number of urea groups is 1. The average molecular weight is 327 g/mol. The predicted octanol–water partition coefficient (Wildman–Crippen LogP) is 3.20. The number of benzene rings is 2. The predicted molar refractivity (Wildman–Crippen MR) is 94.3 cm³/mol. The molecule has 0 atom stereocenters. The summed E-state index contributed by atoms with van der Waals surface area (Å²) in [6.07, 6.45) is 0.223. The Morgan fingerprint density at radius 2 is 1.75 bits per heavy atom. The molecule has 0 spiro atoms. The van der Waals surface area contributed by atoms with Crippen LogP contribution >= 0.6 is 0 Å². The molecule has 0 unspecified atom stereocenters. The van der Waals surface area contributed by atoms with Gasteiger partial charge >= 0.3 is 6.03 Å². The normalized spacial score (nSPS) is 10.1. The van der Waals surface area contributed by atoms with Crippen LogP contribution in [0.1, 0.15) is 17.5 Å². The van der Waals surface area contributed by atoms with E-state index < -0.39 is 6.03 Å². The molecule has 2 aromatic rings. The molecule has 0 radical (unpaired) electrons. The number of aryl methyl sites for hydroxylation is 2. The Labute approximate surface area is 141 Å². The van der Waals surface area contributed by atoms with E-state index in [1.807, 2.05) is 32.0 Å². The Morgan fingerprint density at radius 3 is 2.46 bits per heavy atom. The SMILES string of the molecule is Cc1ccc(C)c(OCCC(=O)Nc2cccc(NC(N)=O)c2)c1. The van der Waals surface area contributed by atoms with Crippen LogP contribution in [0.25, 0.3) is 0 Å². The van der Waals surface area contributed by atoms with Crippen molar-refractivity contribution in [2.75, 3.05) is 17.2 Å². The van der Waals surface area contributed by atoms with Crippen molar-refractivity contribution in [2.45, 2.75) is 20.3 Å². The van der Waals surface area contributed by atoms with Gasteiger partial charge < -0.3 is 21.1 Å². The number of anilines is 2. The number of amides is 3. The van der Waals surface area contributed by atoms with Crippen LogP contribution in [-0.2, 0) is 4.79 Å². The van der Waals surface area contributed by atoms with E-state index in [1.54, 1.807) is 24.3 Å². The van der Waals surface area contributed by atoms with E-state index in [2.05, 4.69) is 10.6 Å². The molecule has 6 nitrogen and oxygen atoms in total. The van der Waals surface area contributed by atoms with Gasteiger partial charge in [-0.1, -0.05) is 18.2 Å². The molecule has 6 heteroatoms. The smallest absolute Gasteiger partial charge is 0.316 e. The van der Waals surface area contributed by atoms with Gasteiger partial charge in [0.15, 0.2) is 0 Å². The number of nitrogens with two attached hydrogens (primary N) is 1. The minimum atomic E-state index is -0.652. The maximum atomic E-state index is 12.0. The van der Waals surface area contributed by atoms with Gasteiger partial charge in [-0.05, 0) is 49.2 Å². The summed E-state index contributed by atoms with van der Waals surface area (Å²) in [5, 5.41) is 5.21. The van der Waals surface area contributed by atoms with Crippen LogP contribution in [0.15, 0.2) is 42.5 Å². The molecule has 2 rings (SSSR count). The molecule has 0 saturated carbocycles. The van der Waals surface area contributed by atoms with Crippen molar-refractivity contribution >= 4 is 23.3 Å². The van der Waals surface area contributed by atoms with E-state index in [0.29, 0.717) is 11.4 Å². The Morgan fingerprint density at radius 1 is 1.04 bits per heavy atom. The van der Waals surface area contributed by atoms with E-state index in [9.17, 15) is 9.59 Å². The van der Waals surface area contributed by atoms with E-state index in [-0.39, 0.29) is 18.9 Å². The number of carbonyl (C=O) groups excluding carboxylic acids is 2. The van der Waals surface area contributed by atoms with Gasteiger partial charge in [-0.15, -0.1) is 0 Å².